The molecule has 0 atom stereocenters. The number of aromatic nitrogens is 1. The first-order valence-corrected chi connectivity index (χ1v) is 10.1. The molecule has 0 spiro atoms. The molecule has 1 aromatic carbocycles. The van der Waals surface area contributed by atoms with Gasteiger partial charge in [-0.2, -0.15) is 0 Å². The average molecular weight is 384 g/mol. The minimum absolute atomic E-state index is 0.174. The van der Waals surface area contributed by atoms with Crippen LogP contribution in [0.5, 0.6) is 0 Å². The topological polar surface area (TPSA) is 37.7 Å². The highest BCUT2D eigenvalue weighted by Gasteiger charge is 2.15. The molecule has 0 saturated carbocycles. The molecular weight excluding hydrogens is 353 g/mol. The van der Waals surface area contributed by atoms with Crippen LogP contribution in [0.25, 0.3) is 0 Å². The van der Waals surface area contributed by atoms with Gasteiger partial charge in [0.1, 0.15) is 5.82 Å². The van der Waals surface area contributed by atoms with Crippen molar-refractivity contribution in [2.75, 3.05) is 38.3 Å². The largest absolute Gasteiger partial charge is 0.378 e. The molecule has 3 rings (SSSR count). The van der Waals surface area contributed by atoms with Crippen LogP contribution in [0.4, 0.5) is 10.1 Å². The molecular formula is C23H30FN3O. The number of rotatable bonds is 6. The maximum atomic E-state index is 14.7. The van der Waals surface area contributed by atoms with Crippen LogP contribution < -0.4 is 4.90 Å². The van der Waals surface area contributed by atoms with E-state index >= 15 is 0 Å². The highest BCUT2D eigenvalue weighted by Crippen LogP contribution is 2.23. The minimum Gasteiger partial charge on any atom is -0.378 e. The van der Waals surface area contributed by atoms with E-state index in [4.69, 9.17) is 9.72 Å². The quantitative estimate of drug-likeness (QED) is 0.690. The van der Waals surface area contributed by atoms with Gasteiger partial charge in [0.05, 0.1) is 13.2 Å². The van der Waals surface area contributed by atoms with Gasteiger partial charge in [-0.1, -0.05) is 19.4 Å². The zero-order valence-corrected chi connectivity index (χ0v) is 17.4. The van der Waals surface area contributed by atoms with Gasteiger partial charge in [-0.15, -0.1) is 0 Å². The fourth-order valence-corrected chi connectivity index (χ4v) is 3.92. The molecule has 1 aromatic heterocycles. The molecule has 1 fully saturated rings. The molecule has 28 heavy (non-hydrogen) atoms. The molecule has 0 aliphatic carbocycles. The Balaban J connectivity index is 1.82. The van der Waals surface area contributed by atoms with Crippen LogP contribution in [0.3, 0.4) is 0 Å². The van der Waals surface area contributed by atoms with Crippen molar-refractivity contribution in [2.24, 2.45) is 4.99 Å². The molecule has 2 aromatic rings. The number of aryl methyl sites for hydroxylation is 2. The molecule has 150 valence electrons. The van der Waals surface area contributed by atoms with E-state index in [9.17, 15) is 4.39 Å². The van der Waals surface area contributed by atoms with Gasteiger partial charge in [0.15, 0.2) is 0 Å². The van der Waals surface area contributed by atoms with E-state index in [1.807, 2.05) is 26.1 Å². The van der Waals surface area contributed by atoms with Crippen LogP contribution >= 0.6 is 0 Å². The van der Waals surface area contributed by atoms with Crippen molar-refractivity contribution in [3.63, 3.8) is 0 Å². The molecule has 1 aliphatic heterocycles. The van der Waals surface area contributed by atoms with Gasteiger partial charge in [0.25, 0.3) is 0 Å². The summed E-state index contributed by atoms with van der Waals surface area (Å²) in [5.41, 5.74) is 6.84. The van der Waals surface area contributed by atoms with Crippen LogP contribution in [0, 0.1) is 19.7 Å². The molecule has 5 heteroatoms. The summed E-state index contributed by atoms with van der Waals surface area (Å²) in [4.78, 5) is 11.4. The van der Waals surface area contributed by atoms with Crippen molar-refractivity contribution in [1.82, 2.24) is 4.98 Å². The number of hydrogen-bond acceptors (Lipinski definition) is 4. The van der Waals surface area contributed by atoms with Gasteiger partial charge in [-0.3, -0.25) is 9.98 Å². The Morgan fingerprint density at radius 3 is 2.57 bits per heavy atom. The second kappa shape index (κ2) is 9.28. The molecule has 2 heterocycles. The van der Waals surface area contributed by atoms with Crippen LogP contribution in [-0.2, 0) is 11.2 Å². The molecule has 0 N–H and O–H groups in total. The van der Waals surface area contributed by atoms with Crippen LogP contribution in [0.2, 0.25) is 0 Å². The summed E-state index contributed by atoms with van der Waals surface area (Å²) in [6, 6.07) is 7.59. The lowest BCUT2D eigenvalue weighted by molar-refractivity contribution is 0.122. The standard InChI is InChI=1S/C23H30FN3O/c1-5-6-22(25-4)23-16(2)13-19(26-17(23)3)14-18-7-8-20(15-21(18)24)27-9-11-28-12-10-27/h7-8,13,15H,5-6,9-12,14H2,1-4H3. The van der Waals surface area contributed by atoms with Crippen LogP contribution in [-0.4, -0.2) is 44.0 Å². The van der Waals surface area contributed by atoms with E-state index in [-0.39, 0.29) is 5.82 Å². The van der Waals surface area contributed by atoms with Gasteiger partial charge in [0.2, 0.25) is 0 Å². The number of hydrogen-bond donors (Lipinski definition) is 0. The van der Waals surface area contributed by atoms with E-state index in [0.717, 1.165) is 59.8 Å². The molecule has 0 amide bonds. The maximum Gasteiger partial charge on any atom is 0.128 e. The minimum atomic E-state index is -0.174. The Labute approximate surface area is 167 Å². The second-order valence-corrected chi connectivity index (χ2v) is 7.36. The number of morpholine rings is 1. The number of aliphatic imine (C=N–C) groups is 1. The lowest BCUT2D eigenvalue weighted by atomic mass is 9.97. The smallest absolute Gasteiger partial charge is 0.128 e. The zero-order valence-electron chi connectivity index (χ0n) is 17.4. The van der Waals surface area contributed by atoms with Crippen molar-refractivity contribution in [3.8, 4) is 0 Å². The first-order chi connectivity index (χ1) is 13.5. The number of anilines is 1. The van der Waals surface area contributed by atoms with Crippen LogP contribution in [0.1, 0.15) is 47.8 Å². The van der Waals surface area contributed by atoms with Gasteiger partial charge < -0.3 is 9.64 Å². The zero-order chi connectivity index (χ0) is 20.1. The summed E-state index contributed by atoms with van der Waals surface area (Å²) in [5.74, 6) is -0.174. The third-order valence-corrected chi connectivity index (χ3v) is 5.28. The number of nitrogens with zero attached hydrogens (tertiary/aromatic N) is 3. The highest BCUT2D eigenvalue weighted by atomic mass is 19.1. The van der Waals surface area contributed by atoms with E-state index in [1.54, 1.807) is 6.07 Å². The predicted octanol–water partition coefficient (Wildman–Crippen LogP) is 4.48. The van der Waals surface area contributed by atoms with Crippen molar-refractivity contribution >= 4 is 11.4 Å². The first kappa shape index (κ1) is 20.5. The van der Waals surface area contributed by atoms with E-state index < -0.39 is 0 Å². The van der Waals surface area contributed by atoms with Crippen LogP contribution in [0.15, 0.2) is 29.3 Å². The Hall–Kier alpha value is -2.27. The lowest BCUT2D eigenvalue weighted by Gasteiger charge is -2.29. The van der Waals surface area contributed by atoms with Crippen molar-refractivity contribution in [3.05, 3.63) is 58.2 Å². The van der Waals surface area contributed by atoms with Gasteiger partial charge in [0, 0.05) is 54.9 Å². The van der Waals surface area contributed by atoms with Gasteiger partial charge in [-0.05, 0) is 49.6 Å². The average Bonchev–Trinajstić information content (AvgIpc) is 2.69. The number of ether oxygens (including phenoxy) is 1. The summed E-state index contributed by atoms with van der Waals surface area (Å²) in [6.45, 7) is 9.26. The van der Waals surface area contributed by atoms with Gasteiger partial charge in [-0.25, -0.2) is 4.39 Å². The first-order valence-electron chi connectivity index (χ1n) is 10.1. The Kier molecular flexibility index (Phi) is 6.79. The third-order valence-electron chi connectivity index (χ3n) is 5.28. The molecule has 0 bridgehead atoms. The summed E-state index contributed by atoms with van der Waals surface area (Å²) in [6.07, 6.45) is 2.48. The van der Waals surface area contributed by atoms with Crippen molar-refractivity contribution in [1.29, 1.82) is 0 Å². The SMILES string of the molecule is CCCC(=NC)c1c(C)cc(Cc2ccc(N3CCOCC3)cc2F)nc1C. The summed E-state index contributed by atoms with van der Waals surface area (Å²) in [7, 11) is 1.84. The highest BCUT2D eigenvalue weighted by molar-refractivity contribution is 6.02. The number of pyridine rings is 1. The van der Waals surface area contributed by atoms with Gasteiger partial charge >= 0.3 is 0 Å². The molecule has 1 aliphatic rings. The predicted molar refractivity (Wildman–Crippen MR) is 113 cm³/mol. The monoisotopic (exact) mass is 383 g/mol. The molecule has 4 nitrogen and oxygen atoms in total. The molecule has 0 radical (unpaired) electrons. The fourth-order valence-electron chi connectivity index (χ4n) is 3.92. The van der Waals surface area contributed by atoms with E-state index in [0.29, 0.717) is 25.2 Å². The van der Waals surface area contributed by atoms with E-state index in [1.165, 1.54) is 0 Å². The lowest BCUT2D eigenvalue weighted by Crippen LogP contribution is -2.36. The Morgan fingerprint density at radius 2 is 1.96 bits per heavy atom. The summed E-state index contributed by atoms with van der Waals surface area (Å²) in [5, 5.41) is 0. The number of benzene rings is 1. The van der Waals surface area contributed by atoms with Crippen molar-refractivity contribution in [2.45, 2.75) is 40.0 Å². The third kappa shape index (κ3) is 4.58. The maximum absolute atomic E-state index is 14.7. The number of halogens is 1. The van der Waals surface area contributed by atoms with Crippen molar-refractivity contribution < 1.29 is 9.13 Å². The Bertz CT molecular complexity index is 834. The fraction of sp³-hybridized carbons (Fsp3) is 0.478. The Morgan fingerprint density at radius 1 is 1.21 bits per heavy atom. The summed E-state index contributed by atoms with van der Waals surface area (Å²) >= 11 is 0. The second-order valence-electron chi connectivity index (χ2n) is 7.36. The van der Waals surface area contributed by atoms with E-state index in [2.05, 4.69) is 29.8 Å². The molecule has 0 unspecified atom stereocenters. The molecule has 1 saturated heterocycles. The summed E-state index contributed by atoms with van der Waals surface area (Å²) < 4.78 is 20.1. The normalized spacial score (nSPS) is 15.2.